The van der Waals surface area contributed by atoms with Crippen LogP contribution < -0.4 is 10.1 Å². The molecular formula is C16H17F2N3O3S. The summed E-state index contributed by atoms with van der Waals surface area (Å²) >= 11 is 0.937. The molecule has 3 rings (SSSR count). The van der Waals surface area contributed by atoms with E-state index in [9.17, 15) is 13.6 Å². The number of nitrogens with zero attached hydrogens (tertiary/aromatic N) is 2. The number of nitrogens with one attached hydrogen (secondary N) is 1. The molecule has 9 heteroatoms. The second-order valence-electron chi connectivity index (χ2n) is 5.78. The van der Waals surface area contributed by atoms with Crippen LogP contribution in [0.3, 0.4) is 0 Å². The molecule has 2 aromatic rings. The molecule has 2 atom stereocenters. The number of hydrogen-bond acceptors (Lipinski definition) is 6. The Morgan fingerprint density at radius 2 is 2.24 bits per heavy atom. The molecule has 0 aromatic carbocycles. The van der Waals surface area contributed by atoms with Gasteiger partial charge in [-0.05, 0) is 13.8 Å². The van der Waals surface area contributed by atoms with Crippen molar-refractivity contribution >= 4 is 22.4 Å². The predicted octanol–water partition coefficient (Wildman–Crippen LogP) is 3.59. The van der Waals surface area contributed by atoms with Gasteiger partial charge in [0.1, 0.15) is 23.2 Å². The molecular weight excluding hydrogens is 352 g/mol. The van der Waals surface area contributed by atoms with Gasteiger partial charge in [0.05, 0.1) is 12.7 Å². The Morgan fingerprint density at radius 1 is 1.44 bits per heavy atom. The van der Waals surface area contributed by atoms with E-state index in [0.29, 0.717) is 18.1 Å². The number of amides is 1. The molecule has 6 nitrogen and oxygen atoms in total. The normalized spacial score (nSPS) is 20.0. The summed E-state index contributed by atoms with van der Waals surface area (Å²) in [6.45, 7) is 4.22. The summed E-state index contributed by atoms with van der Waals surface area (Å²) in [4.78, 5) is 20.2. The quantitative estimate of drug-likeness (QED) is 0.872. The molecule has 1 N–H and O–H groups in total. The zero-order valence-electron chi connectivity index (χ0n) is 13.7. The summed E-state index contributed by atoms with van der Waals surface area (Å²) in [7, 11) is 0. The number of anilines is 1. The molecule has 0 radical (unpaired) electrons. The number of aryl methyl sites for hydroxylation is 1. The second kappa shape index (κ2) is 7.40. The van der Waals surface area contributed by atoms with Gasteiger partial charge in [-0.2, -0.15) is 0 Å². The van der Waals surface area contributed by atoms with Crippen LogP contribution in [-0.2, 0) is 4.74 Å². The van der Waals surface area contributed by atoms with E-state index in [1.807, 2.05) is 6.92 Å². The second-order valence-corrected chi connectivity index (χ2v) is 6.64. The third-order valence-electron chi connectivity index (χ3n) is 3.59. The summed E-state index contributed by atoms with van der Waals surface area (Å²) in [6, 6.07) is 3.25. The van der Waals surface area contributed by atoms with Crippen LogP contribution in [0.1, 0.15) is 41.6 Å². The van der Waals surface area contributed by atoms with Crippen molar-refractivity contribution in [2.45, 2.75) is 38.9 Å². The zero-order valence-corrected chi connectivity index (χ0v) is 14.5. The van der Waals surface area contributed by atoms with Gasteiger partial charge < -0.3 is 9.47 Å². The van der Waals surface area contributed by atoms with Crippen LogP contribution in [-0.4, -0.2) is 34.7 Å². The zero-order chi connectivity index (χ0) is 18.0. The Kier molecular flexibility index (Phi) is 5.24. The highest BCUT2D eigenvalue weighted by molar-refractivity contribution is 7.14. The van der Waals surface area contributed by atoms with Crippen LogP contribution in [0, 0.1) is 6.92 Å². The molecule has 0 saturated carbocycles. The molecule has 0 unspecified atom stereocenters. The van der Waals surface area contributed by atoms with Gasteiger partial charge in [0.15, 0.2) is 5.13 Å². The fraction of sp³-hybridized carbons (Fsp3) is 0.438. The molecule has 1 saturated heterocycles. The number of rotatable bonds is 5. The Morgan fingerprint density at radius 3 is 2.88 bits per heavy atom. The number of carbonyl (C=O) groups excluding carboxylic acids is 1. The van der Waals surface area contributed by atoms with Crippen molar-refractivity contribution in [2.75, 3.05) is 11.9 Å². The van der Waals surface area contributed by atoms with E-state index >= 15 is 0 Å². The lowest BCUT2D eigenvalue weighted by Crippen LogP contribution is -2.18. The molecule has 134 valence electrons. The lowest BCUT2D eigenvalue weighted by atomic mass is 10.2. The predicted molar refractivity (Wildman–Crippen MR) is 88.4 cm³/mol. The number of halogens is 2. The first-order chi connectivity index (χ1) is 11.9. The molecule has 2 aromatic heterocycles. The van der Waals surface area contributed by atoms with Gasteiger partial charge in [-0.3, -0.25) is 10.1 Å². The molecule has 3 heterocycles. The van der Waals surface area contributed by atoms with Gasteiger partial charge >= 0.3 is 0 Å². The van der Waals surface area contributed by atoms with E-state index in [1.165, 1.54) is 11.4 Å². The van der Waals surface area contributed by atoms with E-state index < -0.39 is 12.3 Å². The minimum atomic E-state index is -2.67. The SMILES string of the molecule is Cc1cc(O[C@H]2CO[C@H](C)C2)cc(C(=O)Nc2nc(C(F)F)cs2)n1. The topological polar surface area (TPSA) is 73.3 Å². The van der Waals surface area contributed by atoms with E-state index in [0.717, 1.165) is 17.8 Å². The molecule has 1 aliphatic heterocycles. The number of thiazole rings is 1. The Bertz CT molecular complexity index is 769. The van der Waals surface area contributed by atoms with Crippen molar-refractivity contribution in [1.82, 2.24) is 9.97 Å². The number of pyridine rings is 1. The van der Waals surface area contributed by atoms with Gasteiger partial charge in [-0.15, -0.1) is 11.3 Å². The first-order valence-corrected chi connectivity index (χ1v) is 8.60. The van der Waals surface area contributed by atoms with Crippen LogP contribution in [0.15, 0.2) is 17.5 Å². The number of hydrogen-bond donors (Lipinski definition) is 1. The van der Waals surface area contributed by atoms with E-state index in [-0.39, 0.29) is 28.7 Å². The molecule has 25 heavy (non-hydrogen) atoms. The minimum absolute atomic E-state index is 0.0692. The number of carbonyl (C=O) groups is 1. The van der Waals surface area contributed by atoms with Gasteiger partial charge in [0.25, 0.3) is 12.3 Å². The van der Waals surface area contributed by atoms with E-state index in [1.54, 1.807) is 13.0 Å². The van der Waals surface area contributed by atoms with E-state index in [2.05, 4.69) is 15.3 Å². The van der Waals surface area contributed by atoms with Crippen molar-refractivity contribution in [2.24, 2.45) is 0 Å². The molecule has 1 amide bonds. The van der Waals surface area contributed by atoms with Gasteiger partial charge in [-0.1, -0.05) is 0 Å². The first kappa shape index (κ1) is 17.7. The summed E-state index contributed by atoms with van der Waals surface area (Å²) in [5.41, 5.74) is 0.384. The third-order valence-corrected chi connectivity index (χ3v) is 4.37. The molecule has 1 fully saturated rings. The Balaban J connectivity index is 1.71. The minimum Gasteiger partial charge on any atom is -0.488 e. The van der Waals surface area contributed by atoms with Crippen LogP contribution in [0.4, 0.5) is 13.9 Å². The maximum Gasteiger partial charge on any atom is 0.281 e. The van der Waals surface area contributed by atoms with Crippen LogP contribution >= 0.6 is 11.3 Å². The first-order valence-electron chi connectivity index (χ1n) is 7.72. The van der Waals surface area contributed by atoms with Crippen molar-refractivity contribution in [3.05, 3.63) is 34.6 Å². The highest BCUT2D eigenvalue weighted by Crippen LogP contribution is 2.25. The van der Waals surface area contributed by atoms with Gasteiger partial charge in [0, 0.05) is 29.6 Å². The van der Waals surface area contributed by atoms with Crippen molar-refractivity contribution in [3.63, 3.8) is 0 Å². The third kappa shape index (κ3) is 4.49. The summed E-state index contributed by atoms with van der Waals surface area (Å²) in [6.07, 6.45) is -1.82. The molecule has 0 bridgehead atoms. The molecule has 1 aliphatic rings. The van der Waals surface area contributed by atoms with Crippen molar-refractivity contribution in [3.8, 4) is 5.75 Å². The monoisotopic (exact) mass is 369 g/mol. The Labute approximate surface area is 147 Å². The summed E-state index contributed by atoms with van der Waals surface area (Å²) < 4.78 is 36.4. The highest BCUT2D eigenvalue weighted by atomic mass is 32.1. The molecule has 0 aliphatic carbocycles. The molecule has 0 spiro atoms. The smallest absolute Gasteiger partial charge is 0.281 e. The average Bonchev–Trinajstić information content (AvgIpc) is 3.16. The van der Waals surface area contributed by atoms with Crippen LogP contribution in [0.25, 0.3) is 0 Å². The lowest BCUT2D eigenvalue weighted by molar-refractivity contribution is 0.101. The Hall–Kier alpha value is -2.13. The fourth-order valence-corrected chi connectivity index (χ4v) is 3.18. The van der Waals surface area contributed by atoms with Gasteiger partial charge in [-0.25, -0.2) is 18.7 Å². The van der Waals surface area contributed by atoms with Crippen molar-refractivity contribution in [1.29, 1.82) is 0 Å². The number of ether oxygens (including phenoxy) is 2. The highest BCUT2D eigenvalue weighted by Gasteiger charge is 2.24. The lowest BCUT2D eigenvalue weighted by Gasteiger charge is -2.13. The maximum atomic E-state index is 12.6. The van der Waals surface area contributed by atoms with Crippen molar-refractivity contribution < 1.29 is 23.0 Å². The maximum absolute atomic E-state index is 12.6. The average molecular weight is 369 g/mol. The van der Waals surface area contributed by atoms with Crippen LogP contribution in [0.2, 0.25) is 0 Å². The summed E-state index contributed by atoms with van der Waals surface area (Å²) in [5, 5.41) is 3.79. The van der Waals surface area contributed by atoms with E-state index in [4.69, 9.17) is 9.47 Å². The number of aromatic nitrogens is 2. The van der Waals surface area contributed by atoms with Gasteiger partial charge in [0.2, 0.25) is 0 Å². The summed E-state index contributed by atoms with van der Waals surface area (Å²) in [5.74, 6) is -0.00693. The standard InChI is InChI=1S/C16H17F2N3O3S/c1-8-3-10(24-11-4-9(2)23-6-11)5-12(19-8)15(22)21-16-20-13(7-25-16)14(17)18/h3,5,7,9,11,14H,4,6H2,1-2H3,(H,20,21,22)/t9-,11-/m1/s1. The number of alkyl halides is 2. The largest absolute Gasteiger partial charge is 0.488 e. The van der Waals surface area contributed by atoms with Crippen LogP contribution in [0.5, 0.6) is 5.75 Å². The fourth-order valence-electron chi connectivity index (χ4n) is 2.48.